The summed E-state index contributed by atoms with van der Waals surface area (Å²) >= 11 is 12.1. The quantitative estimate of drug-likeness (QED) is 0.111. The molecule has 0 radical (unpaired) electrons. The molecular formula is C29H22Cl2N2O5. The van der Waals surface area contributed by atoms with Crippen molar-refractivity contribution < 1.29 is 23.8 Å². The largest absolute Gasteiger partial charge is 0.497 e. The van der Waals surface area contributed by atoms with E-state index in [0.717, 1.165) is 5.56 Å². The third kappa shape index (κ3) is 7.35. The SMILES string of the molecule is COc1ccc(C(=O)Oc2cccc(/C=N\NC(=O)c3ccc(OCc4ccc(Cl)cc4Cl)cc3)c2)cc1. The van der Waals surface area contributed by atoms with Gasteiger partial charge in [0.1, 0.15) is 23.9 Å². The summed E-state index contributed by atoms with van der Waals surface area (Å²) in [6.07, 6.45) is 1.45. The first-order valence-corrected chi connectivity index (χ1v) is 12.1. The van der Waals surface area contributed by atoms with E-state index in [1.807, 2.05) is 0 Å². The van der Waals surface area contributed by atoms with Gasteiger partial charge in [-0.1, -0.05) is 41.4 Å². The van der Waals surface area contributed by atoms with Crippen molar-refractivity contribution in [2.75, 3.05) is 7.11 Å². The van der Waals surface area contributed by atoms with Gasteiger partial charge in [0.25, 0.3) is 5.91 Å². The van der Waals surface area contributed by atoms with E-state index in [2.05, 4.69) is 10.5 Å². The topological polar surface area (TPSA) is 86.2 Å². The van der Waals surface area contributed by atoms with Crippen molar-refractivity contribution in [2.24, 2.45) is 5.10 Å². The summed E-state index contributed by atoms with van der Waals surface area (Å²) in [7, 11) is 1.55. The van der Waals surface area contributed by atoms with Crippen molar-refractivity contribution in [3.05, 3.63) is 123 Å². The van der Waals surface area contributed by atoms with E-state index in [1.165, 1.54) is 6.21 Å². The smallest absolute Gasteiger partial charge is 0.343 e. The number of carbonyl (C=O) groups excluding carboxylic acids is 2. The molecule has 0 aliphatic rings. The number of ether oxygens (including phenoxy) is 3. The minimum absolute atomic E-state index is 0.264. The van der Waals surface area contributed by atoms with Crippen LogP contribution in [0, 0.1) is 0 Å². The molecule has 4 aromatic rings. The number of hydrogen-bond acceptors (Lipinski definition) is 6. The summed E-state index contributed by atoms with van der Waals surface area (Å²) in [5, 5.41) is 5.07. The summed E-state index contributed by atoms with van der Waals surface area (Å²) in [5.41, 5.74) is 4.70. The van der Waals surface area contributed by atoms with Crippen molar-refractivity contribution in [1.82, 2.24) is 5.43 Å². The molecule has 0 heterocycles. The Hall–Kier alpha value is -4.33. The molecule has 0 unspecified atom stereocenters. The average molecular weight is 549 g/mol. The van der Waals surface area contributed by atoms with E-state index >= 15 is 0 Å². The highest BCUT2D eigenvalue weighted by Crippen LogP contribution is 2.23. The second-order valence-electron chi connectivity index (χ2n) is 7.94. The first-order chi connectivity index (χ1) is 18.4. The second-order valence-corrected chi connectivity index (χ2v) is 8.78. The number of hydrogen-bond donors (Lipinski definition) is 1. The predicted octanol–water partition coefficient (Wildman–Crippen LogP) is 6.56. The number of hydrazone groups is 1. The number of carbonyl (C=O) groups is 2. The zero-order valence-corrected chi connectivity index (χ0v) is 21.7. The zero-order chi connectivity index (χ0) is 26.9. The number of amides is 1. The summed E-state index contributed by atoms with van der Waals surface area (Å²) in [6, 6.07) is 25.2. The van der Waals surface area contributed by atoms with Crippen molar-refractivity contribution in [3.8, 4) is 17.2 Å². The third-order valence-corrected chi connectivity index (χ3v) is 5.89. The molecule has 4 aromatic carbocycles. The fourth-order valence-electron chi connectivity index (χ4n) is 3.28. The number of esters is 1. The molecule has 7 nitrogen and oxygen atoms in total. The minimum Gasteiger partial charge on any atom is -0.497 e. The van der Waals surface area contributed by atoms with Crippen molar-refractivity contribution >= 4 is 41.3 Å². The Morgan fingerprint density at radius 2 is 1.55 bits per heavy atom. The molecule has 0 aliphatic carbocycles. The fraction of sp³-hybridized carbons (Fsp3) is 0.0690. The van der Waals surface area contributed by atoms with E-state index in [9.17, 15) is 9.59 Å². The summed E-state index contributed by atoms with van der Waals surface area (Å²) in [4.78, 5) is 24.8. The maximum Gasteiger partial charge on any atom is 0.343 e. The maximum absolute atomic E-state index is 12.4. The number of rotatable bonds is 9. The van der Waals surface area contributed by atoms with E-state index in [4.69, 9.17) is 37.4 Å². The van der Waals surface area contributed by atoms with Gasteiger partial charge in [0.05, 0.1) is 18.9 Å². The molecule has 0 atom stereocenters. The Balaban J connectivity index is 1.29. The molecule has 0 spiro atoms. The Labute approximate surface area is 229 Å². The molecule has 192 valence electrons. The lowest BCUT2D eigenvalue weighted by Crippen LogP contribution is -2.17. The Morgan fingerprint density at radius 1 is 0.842 bits per heavy atom. The van der Waals surface area contributed by atoms with Crippen LogP contribution < -0.4 is 19.6 Å². The lowest BCUT2D eigenvalue weighted by molar-refractivity contribution is 0.0734. The van der Waals surface area contributed by atoms with Gasteiger partial charge in [0, 0.05) is 21.2 Å². The predicted molar refractivity (Wildman–Crippen MR) is 147 cm³/mol. The van der Waals surface area contributed by atoms with Gasteiger partial charge in [0.2, 0.25) is 0 Å². The van der Waals surface area contributed by atoms with Crippen LogP contribution in [-0.4, -0.2) is 25.2 Å². The van der Waals surface area contributed by atoms with Crippen LogP contribution in [0.1, 0.15) is 31.8 Å². The lowest BCUT2D eigenvalue weighted by atomic mass is 10.2. The number of halogens is 2. The summed E-state index contributed by atoms with van der Waals surface area (Å²) in [6.45, 7) is 0.264. The molecule has 9 heteroatoms. The van der Waals surface area contributed by atoms with Gasteiger partial charge < -0.3 is 14.2 Å². The molecule has 1 N–H and O–H groups in total. The summed E-state index contributed by atoms with van der Waals surface area (Å²) < 4.78 is 16.3. The van der Waals surface area contributed by atoms with Gasteiger partial charge in [0.15, 0.2) is 0 Å². The molecule has 0 aromatic heterocycles. The van der Waals surface area contributed by atoms with Crippen molar-refractivity contribution in [1.29, 1.82) is 0 Å². The molecule has 0 saturated heterocycles. The van der Waals surface area contributed by atoms with Gasteiger partial charge in [-0.2, -0.15) is 5.10 Å². The van der Waals surface area contributed by atoms with Crippen LogP contribution in [-0.2, 0) is 6.61 Å². The van der Waals surface area contributed by atoms with Gasteiger partial charge in [-0.25, -0.2) is 10.2 Å². The normalized spacial score (nSPS) is 10.7. The Kier molecular flexibility index (Phi) is 8.98. The molecule has 0 saturated carbocycles. The highest BCUT2D eigenvalue weighted by Gasteiger charge is 2.09. The number of methoxy groups -OCH3 is 1. The molecular weight excluding hydrogens is 527 g/mol. The van der Waals surface area contributed by atoms with E-state index in [1.54, 1.807) is 98.1 Å². The minimum atomic E-state index is -0.501. The van der Waals surface area contributed by atoms with E-state index < -0.39 is 11.9 Å². The number of nitrogens with one attached hydrogen (secondary N) is 1. The van der Waals surface area contributed by atoms with Crippen LogP contribution in [0.3, 0.4) is 0 Å². The Bertz CT molecular complexity index is 1460. The molecule has 4 rings (SSSR count). The van der Waals surface area contributed by atoms with Crippen LogP contribution in [0.25, 0.3) is 0 Å². The van der Waals surface area contributed by atoms with E-state index in [0.29, 0.717) is 44.0 Å². The third-order valence-electron chi connectivity index (χ3n) is 5.30. The van der Waals surface area contributed by atoms with Gasteiger partial charge in [-0.05, 0) is 78.4 Å². The first kappa shape index (κ1) is 26.7. The zero-order valence-electron chi connectivity index (χ0n) is 20.2. The van der Waals surface area contributed by atoms with Crippen LogP contribution >= 0.6 is 23.2 Å². The maximum atomic E-state index is 12.4. The lowest BCUT2D eigenvalue weighted by Gasteiger charge is -2.08. The van der Waals surface area contributed by atoms with Crippen LogP contribution in [0.15, 0.2) is 96.1 Å². The van der Waals surface area contributed by atoms with Crippen molar-refractivity contribution in [3.63, 3.8) is 0 Å². The van der Waals surface area contributed by atoms with Gasteiger partial charge >= 0.3 is 5.97 Å². The standard InChI is InChI=1S/C29H22Cl2N2O5/c1-36-24-11-8-21(9-12-24)29(35)38-26-4-2-3-19(15-26)17-32-33-28(34)20-6-13-25(14-7-20)37-18-22-5-10-23(30)16-27(22)31/h2-17H,18H2,1H3,(H,33,34)/b32-17-. The Morgan fingerprint density at radius 3 is 2.26 bits per heavy atom. The monoisotopic (exact) mass is 548 g/mol. The van der Waals surface area contributed by atoms with Crippen LogP contribution in [0.2, 0.25) is 10.0 Å². The second kappa shape index (κ2) is 12.8. The highest BCUT2D eigenvalue weighted by molar-refractivity contribution is 6.35. The molecule has 1 amide bonds. The number of benzene rings is 4. The first-order valence-electron chi connectivity index (χ1n) is 11.4. The highest BCUT2D eigenvalue weighted by atomic mass is 35.5. The molecule has 0 bridgehead atoms. The van der Waals surface area contributed by atoms with Crippen LogP contribution in [0.4, 0.5) is 0 Å². The molecule has 0 aliphatic heterocycles. The fourth-order valence-corrected chi connectivity index (χ4v) is 3.75. The van der Waals surface area contributed by atoms with Gasteiger partial charge in [-0.3, -0.25) is 4.79 Å². The summed E-state index contributed by atoms with van der Waals surface area (Å²) in [5.74, 6) is 0.675. The number of nitrogens with zero attached hydrogens (tertiary/aromatic N) is 1. The van der Waals surface area contributed by atoms with Gasteiger partial charge in [-0.15, -0.1) is 0 Å². The van der Waals surface area contributed by atoms with Crippen molar-refractivity contribution in [2.45, 2.75) is 6.61 Å². The molecule has 38 heavy (non-hydrogen) atoms. The molecule has 0 fully saturated rings. The van der Waals surface area contributed by atoms with Crippen LogP contribution in [0.5, 0.6) is 17.2 Å². The average Bonchev–Trinajstić information content (AvgIpc) is 2.93. The van der Waals surface area contributed by atoms with E-state index in [-0.39, 0.29) is 6.61 Å².